The molecular formula is C19H16N6O3S. The van der Waals surface area contributed by atoms with E-state index < -0.39 is 11.8 Å². The Morgan fingerprint density at radius 1 is 1.07 bits per heavy atom. The number of hydrogen-bond acceptors (Lipinski definition) is 7. The molecule has 146 valence electrons. The number of thioether (sulfide) groups is 1. The zero-order chi connectivity index (χ0) is 20.4. The van der Waals surface area contributed by atoms with E-state index in [1.165, 1.54) is 16.6 Å². The van der Waals surface area contributed by atoms with Crippen molar-refractivity contribution in [3.05, 3.63) is 60.2 Å². The third-order valence-electron chi connectivity index (χ3n) is 4.36. The lowest BCUT2D eigenvalue weighted by Gasteiger charge is -2.20. The van der Waals surface area contributed by atoms with Crippen LogP contribution in [0, 0.1) is 0 Å². The Bertz CT molecular complexity index is 1080. The number of tetrazole rings is 1. The number of hydrogen-bond donors (Lipinski definition) is 0. The number of anilines is 1. The van der Waals surface area contributed by atoms with Crippen molar-refractivity contribution in [2.75, 3.05) is 24.2 Å². The monoisotopic (exact) mass is 408 g/mol. The highest BCUT2D eigenvalue weighted by Gasteiger charge is 2.33. The Balaban J connectivity index is 1.58. The van der Waals surface area contributed by atoms with Crippen LogP contribution >= 0.6 is 11.8 Å². The minimum Gasteiger partial charge on any atom is -0.332 e. The minimum absolute atomic E-state index is 0.0643. The highest BCUT2D eigenvalue weighted by atomic mass is 32.2. The van der Waals surface area contributed by atoms with Crippen molar-refractivity contribution in [3.8, 4) is 5.69 Å². The van der Waals surface area contributed by atoms with E-state index in [4.69, 9.17) is 0 Å². The van der Waals surface area contributed by atoms with Gasteiger partial charge < -0.3 is 4.90 Å². The molecule has 0 unspecified atom stereocenters. The van der Waals surface area contributed by atoms with Crippen LogP contribution in [0.3, 0.4) is 0 Å². The fourth-order valence-electron chi connectivity index (χ4n) is 3.00. The van der Waals surface area contributed by atoms with Crippen LogP contribution in [-0.2, 0) is 9.59 Å². The molecule has 0 saturated carbocycles. The molecule has 3 amide bonds. The number of imide groups is 1. The maximum Gasteiger partial charge on any atom is 0.256 e. The van der Waals surface area contributed by atoms with E-state index >= 15 is 0 Å². The molecule has 0 saturated heterocycles. The third-order valence-corrected chi connectivity index (χ3v) is 5.26. The molecule has 2 aromatic carbocycles. The molecule has 10 heteroatoms. The number of amides is 3. The van der Waals surface area contributed by atoms with Gasteiger partial charge in [0.25, 0.3) is 11.8 Å². The van der Waals surface area contributed by atoms with E-state index in [2.05, 4.69) is 15.5 Å². The predicted octanol–water partition coefficient (Wildman–Crippen LogP) is 1.40. The maximum atomic E-state index is 13.0. The smallest absolute Gasteiger partial charge is 0.256 e. The lowest BCUT2D eigenvalue weighted by Crippen LogP contribution is -2.42. The fraction of sp³-hybridized carbons (Fsp3) is 0.158. The quantitative estimate of drug-likeness (QED) is 0.602. The van der Waals surface area contributed by atoms with Crippen molar-refractivity contribution in [2.45, 2.75) is 5.16 Å². The van der Waals surface area contributed by atoms with Gasteiger partial charge in [-0.1, -0.05) is 42.1 Å². The average molecular weight is 408 g/mol. The van der Waals surface area contributed by atoms with Gasteiger partial charge in [-0.05, 0) is 34.7 Å². The summed E-state index contributed by atoms with van der Waals surface area (Å²) in [5.41, 5.74) is 1.37. The number of carbonyl (C=O) groups is 3. The van der Waals surface area contributed by atoms with Crippen LogP contribution in [0.2, 0.25) is 0 Å². The van der Waals surface area contributed by atoms with E-state index in [1.54, 1.807) is 24.3 Å². The summed E-state index contributed by atoms with van der Waals surface area (Å²) in [4.78, 5) is 40.5. The number of nitrogens with zero attached hydrogens (tertiary/aromatic N) is 6. The topological polar surface area (TPSA) is 101 Å². The molecule has 0 aliphatic carbocycles. The van der Waals surface area contributed by atoms with E-state index in [-0.39, 0.29) is 18.2 Å². The normalized spacial score (nSPS) is 14.0. The van der Waals surface area contributed by atoms with Gasteiger partial charge in [-0.2, -0.15) is 4.68 Å². The number of carbonyl (C=O) groups excluding carboxylic acids is 3. The van der Waals surface area contributed by atoms with Gasteiger partial charge in [0, 0.05) is 7.05 Å². The Kier molecular flexibility index (Phi) is 5.09. The van der Waals surface area contributed by atoms with Crippen LogP contribution in [0.4, 0.5) is 5.69 Å². The first kappa shape index (κ1) is 18.8. The number of aromatic nitrogens is 4. The SMILES string of the molecule is CN1CC(=O)N(C(=O)CSc2nnnn2-c2ccccc2)c2ccccc2C1=O. The summed E-state index contributed by atoms with van der Waals surface area (Å²) in [7, 11) is 1.54. The zero-order valence-electron chi connectivity index (χ0n) is 15.4. The molecule has 0 bridgehead atoms. The average Bonchev–Trinajstić information content (AvgIpc) is 3.18. The van der Waals surface area contributed by atoms with Gasteiger partial charge in [0.1, 0.15) is 6.54 Å². The molecule has 1 aliphatic rings. The summed E-state index contributed by atoms with van der Waals surface area (Å²) in [6.45, 7) is -0.175. The molecule has 2 heterocycles. The Hall–Kier alpha value is -3.53. The largest absolute Gasteiger partial charge is 0.332 e. The molecule has 0 radical (unpaired) electrons. The molecular weight excluding hydrogens is 392 g/mol. The van der Waals surface area contributed by atoms with Gasteiger partial charge in [-0.3, -0.25) is 14.4 Å². The Morgan fingerprint density at radius 2 is 1.79 bits per heavy atom. The molecule has 29 heavy (non-hydrogen) atoms. The molecule has 0 spiro atoms. The van der Waals surface area contributed by atoms with Crippen LogP contribution in [0.25, 0.3) is 5.69 Å². The molecule has 1 aromatic heterocycles. The number of rotatable bonds is 4. The van der Waals surface area contributed by atoms with Gasteiger partial charge >= 0.3 is 0 Å². The molecule has 1 aliphatic heterocycles. The molecule has 0 atom stereocenters. The fourth-order valence-corrected chi connectivity index (χ4v) is 3.74. The highest BCUT2D eigenvalue weighted by molar-refractivity contribution is 7.99. The van der Waals surface area contributed by atoms with Crippen molar-refractivity contribution >= 4 is 35.2 Å². The standard InChI is InChI=1S/C19H16N6O3S/c1-23-11-16(26)24(15-10-6-5-9-14(15)18(23)28)17(27)12-29-19-20-21-22-25(19)13-7-3-2-4-8-13/h2-10H,11-12H2,1H3. The van der Waals surface area contributed by atoms with Gasteiger partial charge in [0.15, 0.2) is 0 Å². The molecule has 4 rings (SSSR count). The van der Waals surface area contributed by atoms with Crippen molar-refractivity contribution in [3.63, 3.8) is 0 Å². The first-order valence-electron chi connectivity index (χ1n) is 8.73. The lowest BCUT2D eigenvalue weighted by atomic mass is 10.1. The van der Waals surface area contributed by atoms with Crippen LogP contribution in [-0.4, -0.2) is 62.2 Å². The number of likely N-dealkylation sites (N-methyl/N-ethyl adjacent to an activating group) is 1. The Labute approximate surface area is 170 Å². The second kappa shape index (κ2) is 7.84. The second-order valence-corrected chi connectivity index (χ2v) is 7.24. The van der Waals surface area contributed by atoms with Crippen LogP contribution in [0.15, 0.2) is 59.8 Å². The van der Waals surface area contributed by atoms with Crippen LogP contribution < -0.4 is 4.90 Å². The van der Waals surface area contributed by atoms with E-state index in [0.717, 1.165) is 22.3 Å². The zero-order valence-corrected chi connectivity index (χ0v) is 16.2. The maximum absolute atomic E-state index is 13.0. The molecule has 9 nitrogen and oxygen atoms in total. The van der Waals surface area contributed by atoms with Gasteiger partial charge in [-0.25, -0.2) is 4.90 Å². The lowest BCUT2D eigenvalue weighted by molar-refractivity contribution is -0.125. The van der Waals surface area contributed by atoms with Crippen molar-refractivity contribution in [1.29, 1.82) is 0 Å². The molecule has 0 fully saturated rings. The summed E-state index contributed by atoms with van der Waals surface area (Å²) in [5, 5.41) is 12.0. The summed E-state index contributed by atoms with van der Waals surface area (Å²) in [6, 6.07) is 15.9. The van der Waals surface area contributed by atoms with Crippen molar-refractivity contribution < 1.29 is 14.4 Å². The number of para-hydroxylation sites is 2. The third kappa shape index (κ3) is 3.61. The van der Waals surface area contributed by atoms with E-state index in [0.29, 0.717) is 16.4 Å². The first-order chi connectivity index (χ1) is 14.1. The van der Waals surface area contributed by atoms with Gasteiger partial charge in [-0.15, -0.1) is 5.10 Å². The van der Waals surface area contributed by atoms with E-state index in [9.17, 15) is 14.4 Å². The second-order valence-electron chi connectivity index (χ2n) is 6.30. The van der Waals surface area contributed by atoms with Crippen molar-refractivity contribution in [2.24, 2.45) is 0 Å². The van der Waals surface area contributed by atoms with Gasteiger partial charge in [0.05, 0.1) is 22.7 Å². The van der Waals surface area contributed by atoms with E-state index in [1.807, 2.05) is 30.3 Å². The van der Waals surface area contributed by atoms with Crippen molar-refractivity contribution in [1.82, 2.24) is 25.1 Å². The van der Waals surface area contributed by atoms with Crippen LogP contribution in [0.1, 0.15) is 10.4 Å². The summed E-state index contributed by atoms with van der Waals surface area (Å²) < 4.78 is 1.52. The Morgan fingerprint density at radius 3 is 2.59 bits per heavy atom. The summed E-state index contributed by atoms with van der Waals surface area (Å²) >= 11 is 1.12. The predicted molar refractivity (Wildman–Crippen MR) is 106 cm³/mol. The number of fused-ring (bicyclic) bond motifs is 1. The summed E-state index contributed by atoms with van der Waals surface area (Å²) in [6.07, 6.45) is 0. The first-order valence-corrected chi connectivity index (χ1v) is 9.71. The number of benzene rings is 2. The summed E-state index contributed by atoms with van der Waals surface area (Å²) in [5.74, 6) is -1.27. The minimum atomic E-state index is -0.459. The molecule has 3 aromatic rings. The molecule has 0 N–H and O–H groups in total. The van der Waals surface area contributed by atoms with Gasteiger partial charge in [0.2, 0.25) is 11.1 Å². The van der Waals surface area contributed by atoms with Crippen LogP contribution in [0.5, 0.6) is 0 Å². The highest BCUT2D eigenvalue weighted by Crippen LogP contribution is 2.27.